The number of hydrogen-bond donors (Lipinski definition) is 0. The van der Waals surface area contributed by atoms with Gasteiger partial charge < -0.3 is 9.80 Å². The number of hydrogen-bond acceptors (Lipinski definition) is 4. The monoisotopic (exact) mass is 276 g/mol. The number of aromatic nitrogens is 2. The Balaban J connectivity index is 2.33. The van der Waals surface area contributed by atoms with Crippen LogP contribution < -0.4 is 0 Å². The minimum Gasteiger partial charge on any atom is -0.342 e. The molecule has 1 atom stereocenters. The smallest absolute Gasteiger partial charge is 0.258 e. The van der Waals surface area contributed by atoms with Crippen molar-refractivity contribution in [3.05, 3.63) is 23.8 Å². The fraction of sp³-hybridized carbons (Fsp3) is 0.571. The number of likely N-dealkylation sites (N-methyl/N-ethyl adjacent to an activating group) is 1. The van der Waals surface area contributed by atoms with Crippen molar-refractivity contribution in [2.45, 2.75) is 26.8 Å². The molecule has 20 heavy (non-hydrogen) atoms. The summed E-state index contributed by atoms with van der Waals surface area (Å²) in [6.07, 6.45) is 2.94. The summed E-state index contributed by atoms with van der Waals surface area (Å²) in [5.41, 5.74) is 1.11. The van der Waals surface area contributed by atoms with Crippen molar-refractivity contribution in [1.82, 2.24) is 19.8 Å². The Morgan fingerprint density at radius 1 is 1.40 bits per heavy atom. The normalized spacial score (nSPS) is 19.6. The molecule has 6 heteroatoms. The molecule has 1 saturated heterocycles. The van der Waals surface area contributed by atoms with Gasteiger partial charge in [0, 0.05) is 26.3 Å². The minimum absolute atomic E-state index is 0.00546. The van der Waals surface area contributed by atoms with Crippen molar-refractivity contribution >= 4 is 11.8 Å². The van der Waals surface area contributed by atoms with Crippen LogP contribution >= 0.6 is 0 Å². The van der Waals surface area contributed by atoms with E-state index in [2.05, 4.69) is 9.97 Å². The first-order chi connectivity index (χ1) is 9.43. The van der Waals surface area contributed by atoms with Gasteiger partial charge in [-0.15, -0.1) is 0 Å². The maximum Gasteiger partial charge on any atom is 0.258 e. The molecule has 1 aromatic heterocycles. The second-order valence-corrected chi connectivity index (χ2v) is 5.47. The number of piperazine rings is 1. The zero-order valence-corrected chi connectivity index (χ0v) is 12.3. The van der Waals surface area contributed by atoms with Crippen molar-refractivity contribution in [2.24, 2.45) is 5.92 Å². The van der Waals surface area contributed by atoms with Crippen LogP contribution in [0.15, 0.2) is 12.5 Å². The van der Waals surface area contributed by atoms with Crippen LogP contribution in [0.5, 0.6) is 0 Å². The molecule has 1 fully saturated rings. The summed E-state index contributed by atoms with van der Waals surface area (Å²) in [6.45, 7) is 6.78. The highest BCUT2D eigenvalue weighted by molar-refractivity contribution is 5.98. The van der Waals surface area contributed by atoms with E-state index in [-0.39, 0.29) is 17.7 Å². The fourth-order valence-corrected chi connectivity index (χ4v) is 2.49. The zero-order chi connectivity index (χ0) is 14.9. The molecule has 6 nitrogen and oxygen atoms in total. The summed E-state index contributed by atoms with van der Waals surface area (Å²) in [5.74, 6) is -0.100. The average Bonchev–Trinajstić information content (AvgIpc) is 2.41. The Labute approximate surface area is 118 Å². The van der Waals surface area contributed by atoms with Gasteiger partial charge in [-0.1, -0.05) is 13.8 Å². The van der Waals surface area contributed by atoms with Gasteiger partial charge in [-0.25, -0.2) is 9.97 Å². The Kier molecular flexibility index (Phi) is 4.01. The van der Waals surface area contributed by atoms with E-state index in [1.165, 1.54) is 12.5 Å². The SMILES string of the molecule is Cc1ncncc1C(=O)N1CCN(C)C(=O)[C@H]1C(C)C. The highest BCUT2D eigenvalue weighted by Crippen LogP contribution is 2.20. The average molecular weight is 276 g/mol. The van der Waals surface area contributed by atoms with Crippen LogP contribution in [-0.4, -0.2) is 57.8 Å². The van der Waals surface area contributed by atoms with Gasteiger partial charge in [-0.05, 0) is 12.8 Å². The van der Waals surface area contributed by atoms with Crippen molar-refractivity contribution in [3.8, 4) is 0 Å². The van der Waals surface area contributed by atoms with E-state index in [4.69, 9.17) is 0 Å². The maximum absolute atomic E-state index is 12.7. The van der Waals surface area contributed by atoms with Gasteiger partial charge in [0.25, 0.3) is 5.91 Å². The van der Waals surface area contributed by atoms with Crippen LogP contribution in [0.1, 0.15) is 29.9 Å². The lowest BCUT2D eigenvalue weighted by molar-refractivity contribution is -0.140. The van der Waals surface area contributed by atoms with E-state index in [0.29, 0.717) is 24.3 Å². The van der Waals surface area contributed by atoms with Crippen LogP contribution in [0, 0.1) is 12.8 Å². The number of aryl methyl sites for hydroxylation is 1. The summed E-state index contributed by atoms with van der Waals surface area (Å²) in [7, 11) is 1.77. The minimum atomic E-state index is -0.416. The molecule has 1 aromatic rings. The maximum atomic E-state index is 12.7. The topological polar surface area (TPSA) is 66.4 Å². The van der Waals surface area contributed by atoms with E-state index in [1.807, 2.05) is 13.8 Å². The van der Waals surface area contributed by atoms with Crippen LogP contribution in [0.2, 0.25) is 0 Å². The predicted molar refractivity (Wildman–Crippen MR) is 74.1 cm³/mol. The highest BCUT2D eigenvalue weighted by Gasteiger charge is 2.38. The predicted octanol–water partition coefficient (Wildman–Crippen LogP) is 0.724. The van der Waals surface area contributed by atoms with E-state index < -0.39 is 6.04 Å². The van der Waals surface area contributed by atoms with Crippen molar-refractivity contribution in [3.63, 3.8) is 0 Å². The number of carbonyl (C=O) groups excluding carboxylic acids is 2. The first-order valence-electron chi connectivity index (χ1n) is 6.76. The van der Waals surface area contributed by atoms with E-state index in [9.17, 15) is 9.59 Å². The summed E-state index contributed by atoms with van der Waals surface area (Å²) >= 11 is 0. The molecule has 0 aliphatic carbocycles. The van der Waals surface area contributed by atoms with Gasteiger partial charge in [0.1, 0.15) is 12.4 Å². The third-order valence-electron chi connectivity index (χ3n) is 3.68. The molecular formula is C14H20N4O2. The number of nitrogens with zero attached hydrogens (tertiary/aromatic N) is 4. The highest BCUT2D eigenvalue weighted by atomic mass is 16.2. The summed E-state index contributed by atoms with van der Waals surface area (Å²) in [6, 6.07) is -0.416. The second kappa shape index (κ2) is 5.56. The van der Waals surface area contributed by atoms with Crippen molar-refractivity contribution in [2.75, 3.05) is 20.1 Å². The molecule has 0 spiro atoms. The largest absolute Gasteiger partial charge is 0.342 e. The lowest BCUT2D eigenvalue weighted by atomic mass is 9.98. The van der Waals surface area contributed by atoms with Crippen molar-refractivity contribution in [1.29, 1.82) is 0 Å². The van der Waals surface area contributed by atoms with E-state index >= 15 is 0 Å². The molecule has 0 unspecified atom stereocenters. The zero-order valence-electron chi connectivity index (χ0n) is 12.3. The van der Waals surface area contributed by atoms with Crippen LogP contribution in [0.4, 0.5) is 0 Å². The second-order valence-electron chi connectivity index (χ2n) is 5.47. The molecule has 108 valence electrons. The Hall–Kier alpha value is -1.98. The molecular weight excluding hydrogens is 256 g/mol. The van der Waals surface area contributed by atoms with Crippen LogP contribution in [-0.2, 0) is 4.79 Å². The Bertz CT molecular complexity index is 530. The molecule has 0 N–H and O–H groups in total. The van der Waals surface area contributed by atoms with Gasteiger partial charge in [-0.2, -0.15) is 0 Å². The third kappa shape index (κ3) is 2.50. The number of amides is 2. The van der Waals surface area contributed by atoms with Gasteiger partial charge in [-0.3, -0.25) is 9.59 Å². The van der Waals surface area contributed by atoms with E-state index in [1.54, 1.807) is 23.8 Å². The first kappa shape index (κ1) is 14.4. The van der Waals surface area contributed by atoms with Gasteiger partial charge in [0.2, 0.25) is 5.91 Å². The Morgan fingerprint density at radius 3 is 2.70 bits per heavy atom. The molecule has 2 heterocycles. The van der Waals surface area contributed by atoms with Crippen LogP contribution in [0.25, 0.3) is 0 Å². The third-order valence-corrected chi connectivity index (χ3v) is 3.68. The van der Waals surface area contributed by atoms with E-state index in [0.717, 1.165) is 0 Å². The van der Waals surface area contributed by atoms with Gasteiger partial charge in [0.15, 0.2) is 0 Å². The van der Waals surface area contributed by atoms with Crippen molar-refractivity contribution < 1.29 is 9.59 Å². The first-order valence-corrected chi connectivity index (χ1v) is 6.76. The molecule has 0 saturated carbocycles. The summed E-state index contributed by atoms with van der Waals surface area (Å²) in [4.78, 5) is 36.3. The Morgan fingerprint density at radius 2 is 2.10 bits per heavy atom. The van der Waals surface area contributed by atoms with Crippen LogP contribution in [0.3, 0.4) is 0 Å². The molecule has 0 aromatic carbocycles. The lowest BCUT2D eigenvalue weighted by Crippen LogP contribution is -2.59. The molecule has 2 rings (SSSR count). The molecule has 2 amide bonds. The van der Waals surface area contributed by atoms with Gasteiger partial charge >= 0.3 is 0 Å². The van der Waals surface area contributed by atoms with Gasteiger partial charge in [0.05, 0.1) is 11.3 Å². The summed E-state index contributed by atoms with van der Waals surface area (Å²) in [5, 5.41) is 0. The summed E-state index contributed by atoms with van der Waals surface area (Å²) < 4.78 is 0. The quantitative estimate of drug-likeness (QED) is 0.798. The molecule has 0 bridgehead atoms. The number of rotatable bonds is 2. The standard InChI is InChI=1S/C14H20N4O2/c1-9(2)12-14(20)17(4)5-6-18(12)13(19)11-7-15-8-16-10(11)3/h7-9,12H,5-6H2,1-4H3/t12-/m1/s1. The molecule has 0 radical (unpaired) electrons. The number of carbonyl (C=O) groups is 2. The molecule has 1 aliphatic rings. The lowest BCUT2D eigenvalue weighted by Gasteiger charge is -2.41. The fourth-order valence-electron chi connectivity index (χ4n) is 2.49. The molecule has 1 aliphatic heterocycles.